The first-order chi connectivity index (χ1) is 5.75. The van der Waals surface area contributed by atoms with Crippen molar-refractivity contribution in [2.75, 3.05) is 0 Å². The Kier molecular flexibility index (Phi) is 3.33. The fraction of sp³-hybridized carbons (Fsp3) is 0.222. The molecule has 0 unspecified atom stereocenters. The molecule has 1 aromatic heterocycles. The van der Waals surface area contributed by atoms with Crippen LogP contribution in [-0.2, 0) is 0 Å². The Labute approximate surface area is 80.4 Å². The summed E-state index contributed by atoms with van der Waals surface area (Å²) in [6.07, 6.45) is 5.90. The van der Waals surface area contributed by atoms with Gasteiger partial charge in [-0.1, -0.05) is 11.6 Å². The molecule has 0 amide bonds. The number of halogens is 1. The minimum absolute atomic E-state index is 0.0351. The molecule has 0 aliphatic carbocycles. The van der Waals surface area contributed by atoms with Crippen LogP contribution in [0.3, 0.4) is 0 Å². The molecule has 0 saturated carbocycles. The third-order valence-electron chi connectivity index (χ3n) is 1.37. The lowest BCUT2D eigenvalue weighted by Crippen LogP contribution is -1.95. The molecule has 1 nitrogen and oxygen atoms in total. The van der Waals surface area contributed by atoms with Crippen LogP contribution < -0.4 is 0 Å². The molecule has 0 radical (unpaired) electrons. The van der Waals surface area contributed by atoms with E-state index in [1.54, 1.807) is 11.4 Å². The Morgan fingerprint density at radius 3 is 3.00 bits per heavy atom. The average molecular weight is 199 g/mol. The minimum atomic E-state index is 0.0351. The zero-order valence-corrected chi connectivity index (χ0v) is 7.91. The van der Waals surface area contributed by atoms with E-state index >= 15 is 0 Å². The van der Waals surface area contributed by atoms with Gasteiger partial charge in [-0.05, 0) is 11.4 Å². The van der Waals surface area contributed by atoms with Gasteiger partial charge in [-0.15, -0.1) is 23.7 Å². The second-order valence-corrected chi connectivity index (χ2v) is 3.55. The van der Waals surface area contributed by atoms with Crippen LogP contribution in [0.1, 0.15) is 22.5 Å². The fourth-order valence-electron chi connectivity index (χ4n) is 0.792. The lowest BCUT2D eigenvalue weighted by atomic mass is 10.2. The lowest BCUT2D eigenvalue weighted by Gasteiger charge is -1.93. The third-order valence-corrected chi connectivity index (χ3v) is 2.75. The normalized spacial score (nSPS) is 9.33. The van der Waals surface area contributed by atoms with E-state index in [0.29, 0.717) is 22.7 Å². The number of rotatable bonds is 3. The first-order valence-electron chi connectivity index (χ1n) is 3.45. The SMILES string of the molecule is C#CCCC(=O)c1sccc1Cl. The molecule has 0 atom stereocenters. The summed E-state index contributed by atoms with van der Waals surface area (Å²) in [5.41, 5.74) is 0. The number of ketones is 1. The molecule has 3 heteroatoms. The number of thiophene rings is 1. The smallest absolute Gasteiger partial charge is 0.175 e. The molecule has 0 aliphatic rings. The predicted octanol–water partition coefficient (Wildman–Crippen LogP) is 3.00. The summed E-state index contributed by atoms with van der Waals surface area (Å²) in [6.45, 7) is 0. The van der Waals surface area contributed by atoms with Crippen molar-refractivity contribution in [3.63, 3.8) is 0 Å². The average Bonchev–Trinajstić information content (AvgIpc) is 2.47. The Hall–Kier alpha value is -0.780. The zero-order chi connectivity index (χ0) is 8.97. The number of carbonyl (C=O) groups excluding carboxylic acids is 1. The van der Waals surface area contributed by atoms with Gasteiger partial charge in [-0.3, -0.25) is 4.79 Å². The van der Waals surface area contributed by atoms with Crippen LogP contribution in [0.5, 0.6) is 0 Å². The van der Waals surface area contributed by atoms with Crippen molar-refractivity contribution in [3.8, 4) is 12.3 Å². The Balaban J connectivity index is 2.67. The zero-order valence-electron chi connectivity index (χ0n) is 6.34. The first kappa shape index (κ1) is 9.31. The monoisotopic (exact) mass is 198 g/mol. The first-order valence-corrected chi connectivity index (χ1v) is 4.71. The van der Waals surface area contributed by atoms with Gasteiger partial charge >= 0.3 is 0 Å². The number of hydrogen-bond acceptors (Lipinski definition) is 2. The van der Waals surface area contributed by atoms with Crippen LogP contribution in [0.4, 0.5) is 0 Å². The second-order valence-electron chi connectivity index (χ2n) is 2.22. The molecule has 0 saturated heterocycles. The molecule has 12 heavy (non-hydrogen) atoms. The van der Waals surface area contributed by atoms with Gasteiger partial charge in [0.05, 0.1) is 9.90 Å². The van der Waals surface area contributed by atoms with Gasteiger partial charge in [0.2, 0.25) is 0 Å². The molecule has 1 heterocycles. The van der Waals surface area contributed by atoms with E-state index in [4.69, 9.17) is 18.0 Å². The maximum absolute atomic E-state index is 11.3. The van der Waals surface area contributed by atoms with E-state index in [1.807, 2.05) is 0 Å². The summed E-state index contributed by atoms with van der Waals surface area (Å²) < 4.78 is 0. The highest BCUT2D eigenvalue weighted by molar-refractivity contribution is 7.12. The van der Waals surface area contributed by atoms with E-state index in [0.717, 1.165) is 0 Å². The molecule has 1 rings (SSSR count). The molecule has 1 aromatic rings. The Morgan fingerprint density at radius 2 is 2.50 bits per heavy atom. The highest BCUT2D eigenvalue weighted by Crippen LogP contribution is 2.23. The van der Waals surface area contributed by atoms with Crippen LogP contribution in [0.2, 0.25) is 5.02 Å². The van der Waals surface area contributed by atoms with Gasteiger partial charge in [0, 0.05) is 12.8 Å². The summed E-state index contributed by atoms with van der Waals surface area (Å²) in [5, 5.41) is 2.33. The number of terminal acetylenes is 1. The van der Waals surface area contributed by atoms with Gasteiger partial charge in [0.15, 0.2) is 5.78 Å². The quantitative estimate of drug-likeness (QED) is 0.539. The summed E-state index contributed by atoms with van der Waals surface area (Å²) in [6, 6.07) is 1.72. The Bertz CT molecular complexity index is 322. The molecule has 0 N–H and O–H groups in total. The van der Waals surface area contributed by atoms with Crippen LogP contribution >= 0.6 is 22.9 Å². The maximum Gasteiger partial charge on any atom is 0.175 e. The summed E-state index contributed by atoms with van der Waals surface area (Å²) in [5.74, 6) is 2.46. The molecule has 0 aromatic carbocycles. The van der Waals surface area contributed by atoms with E-state index in [1.165, 1.54) is 11.3 Å². The van der Waals surface area contributed by atoms with Crippen molar-refractivity contribution < 1.29 is 4.79 Å². The number of Topliss-reactive ketones (excluding diaryl/α,β-unsaturated/α-hetero) is 1. The minimum Gasteiger partial charge on any atom is -0.293 e. The van der Waals surface area contributed by atoms with Crippen LogP contribution in [0, 0.1) is 12.3 Å². The van der Waals surface area contributed by atoms with Crippen LogP contribution in [-0.4, -0.2) is 5.78 Å². The van der Waals surface area contributed by atoms with Crippen molar-refractivity contribution >= 4 is 28.7 Å². The van der Waals surface area contributed by atoms with Crippen molar-refractivity contribution in [1.29, 1.82) is 0 Å². The topological polar surface area (TPSA) is 17.1 Å². The van der Waals surface area contributed by atoms with Crippen LogP contribution in [0.25, 0.3) is 0 Å². The van der Waals surface area contributed by atoms with Crippen molar-refractivity contribution in [3.05, 3.63) is 21.3 Å². The maximum atomic E-state index is 11.3. The van der Waals surface area contributed by atoms with Gasteiger partial charge < -0.3 is 0 Å². The number of hydrogen-bond donors (Lipinski definition) is 0. The van der Waals surface area contributed by atoms with Crippen molar-refractivity contribution in [1.82, 2.24) is 0 Å². The van der Waals surface area contributed by atoms with Crippen LogP contribution in [0.15, 0.2) is 11.4 Å². The van der Waals surface area contributed by atoms with Gasteiger partial charge in [0.1, 0.15) is 0 Å². The summed E-state index contributed by atoms with van der Waals surface area (Å²) in [4.78, 5) is 11.9. The lowest BCUT2D eigenvalue weighted by molar-refractivity contribution is 0.0988. The largest absolute Gasteiger partial charge is 0.293 e. The highest BCUT2D eigenvalue weighted by Gasteiger charge is 2.10. The van der Waals surface area contributed by atoms with E-state index < -0.39 is 0 Å². The molecular formula is C9H7ClOS. The van der Waals surface area contributed by atoms with Crippen molar-refractivity contribution in [2.45, 2.75) is 12.8 Å². The van der Waals surface area contributed by atoms with Gasteiger partial charge in [-0.2, -0.15) is 0 Å². The third kappa shape index (κ3) is 2.10. The highest BCUT2D eigenvalue weighted by atomic mass is 35.5. The Morgan fingerprint density at radius 1 is 1.75 bits per heavy atom. The predicted molar refractivity (Wildman–Crippen MR) is 51.7 cm³/mol. The van der Waals surface area contributed by atoms with Gasteiger partial charge in [-0.25, -0.2) is 0 Å². The second kappa shape index (κ2) is 4.30. The fourth-order valence-corrected chi connectivity index (χ4v) is 1.92. The molecule has 0 fully saturated rings. The number of carbonyl (C=O) groups is 1. The standard InChI is InChI=1S/C9H7ClOS/c1-2-3-4-8(11)9-7(10)5-6-12-9/h1,5-6H,3-4H2. The molecule has 62 valence electrons. The molecule has 0 bridgehead atoms. The molecule has 0 spiro atoms. The molecular weight excluding hydrogens is 192 g/mol. The summed E-state index contributed by atoms with van der Waals surface area (Å²) >= 11 is 7.11. The van der Waals surface area contributed by atoms with E-state index in [9.17, 15) is 4.79 Å². The van der Waals surface area contributed by atoms with E-state index in [-0.39, 0.29) is 5.78 Å². The summed E-state index contributed by atoms with van der Waals surface area (Å²) in [7, 11) is 0. The van der Waals surface area contributed by atoms with Crippen molar-refractivity contribution in [2.24, 2.45) is 0 Å². The van der Waals surface area contributed by atoms with Gasteiger partial charge in [0.25, 0.3) is 0 Å². The van der Waals surface area contributed by atoms with E-state index in [2.05, 4.69) is 5.92 Å². The molecule has 0 aliphatic heterocycles.